The van der Waals surface area contributed by atoms with E-state index in [0.717, 1.165) is 24.8 Å². The number of ether oxygens (including phenoxy) is 2. The molecule has 0 N–H and O–H groups in total. The number of ketones is 1. The monoisotopic (exact) mass is 685 g/mol. The molecule has 1 aliphatic rings. The number of carbonyl (C=O) groups excluding carboxylic acids is 6. The second-order valence-corrected chi connectivity index (χ2v) is 14.2. The van der Waals surface area contributed by atoms with E-state index in [1.807, 2.05) is 30.3 Å². The van der Waals surface area contributed by atoms with Crippen molar-refractivity contribution in [3.8, 4) is 0 Å². The Morgan fingerprint density at radius 1 is 0.735 bits per heavy atom. The Morgan fingerprint density at radius 3 is 1.80 bits per heavy atom. The molecule has 10 nitrogen and oxygen atoms in total. The summed E-state index contributed by atoms with van der Waals surface area (Å²) in [5.41, 5.74) is -0.0567. The third kappa shape index (κ3) is 17.6. The Morgan fingerprint density at radius 2 is 1.27 bits per heavy atom. The first-order valence-electron chi connectivity index (χ1n) is 18.4. The highest BCUT2D eigenvalue weighted by atomic mass is 16.7. The van der Waals surface area contributed by atoms with Crippen LogP contribution in [0, 0.1) is 11.8 Å². The minimum atomic E-state index is -1.06. The van der Waals surface area contributed by atoms with Crippen molar-refractivity contribution in [2.45, 2.75) is 162 Å². The number of unbranched alkanes of at least 4 members (excludes halogenated alkanes) is 12. The summed E-state index contributed by atoms with van der Waals surface area (Å²) in [6.07, 6.45) is 14.6. The van der Waals surface area contributed by atoms with Gasteiger partial charge in [-0.25, -0.2) is 4.79 Å². The average Bonchev–Trinajstić information content (AvgIpc) is 3.37. The lowest BCUT2D eigenvalue weighted by molar-refractivity contribution is -0.197. The lowest BCUT2D eigenvalue weighted by atomic mass is 9.88. The van der Waals surface area contributed by atoms with E-state index in [9.17, 15) is 28.8 Å². The topological polar surface area (TPSA) is 133 Å². The van der Waals surface area contributed by atoms with Gasteiger partial charge in [0.2, 0.25) is 0 Å². The van der Waals surface area contributed by atoms with Gasteiger partial charge in [0.1, 0.15) is 23.9 Å². The molecular weight excluding hydrogens is 626 g/mol. The SMILES string of the molecule is CCCCCCCCCCCCCCCC(C(=O)CC(CCC(=O)ON1C(=O)CCC1=O)C(=O)OC(C)(C)C)C(=O)OCc1ccccc1. The molecule has 2 amide bonds. The van der Waals surface area contributed by atoms with Crippen molar-refractivity contribution in [3.05, 3.63) is 35.9 Å². The lowest BCUT2D eigenvalue weighted by Gasteiger charge is -2.24. The molecule has 1 aromatic carbocycles. The molecule has 49 heavy (non-hydrogen) atoms. The summed E-state index contributed by atoms with van der Waals surface area (Å²) in [5.74, 6) is -5.97. The smallest absolute Gasteiger partial charge is 0.333 e. The molecule has 1 fully saturated rings. The molecule has 1 aliphatic heterocycles. The maximum absolute atomic E-state index is 13.7. The second kappa shape index (κ2) is 23.0. The summed E-state index contributed by atoms with van der Waals surface area (Å²) < 4.78 is 11.1. The normalized spacial score (nSPS) is 14.4. The van der Waals surface area contributed by atoms with Gasteiger partial charge in [-0.2, -0.15) is 0 Å². The standard InChI is InChI=1S/C39H59NO9/c1-5-6-7-8-9-10-11-12-13-14-15-16-20-23-32(38(46)47-29-30-21-18-17-19-22-30)33(41)28-31(37(45)48-39(2,3)4)24-27-36(44)49-40-34(42)25-26-35(40)43/h17-19,21-22,31-32H,5-16,20,23-29H2,1-4H3. The van der Waals surface area contributed by atoms with Gasteiger partial charge in [-0.15, -0.1) is 5.06 Å². The zero-order chi connectivity index (χ0) is 36.1. The van der Waals surface area contributed by atoms with E-state index >= 15 is 0 Å². The first-order valence-corrected chi connectivity index (χ1v) is 18.4. The van der Waals surface area contributed by atoms with Crippen molar-refractivity contribution in [1.82, 2.24) is 5.06 Å². The van der Waals surface area contributed by atoms with Crippen molar-refractivity contribution in [3.63, 3.8) is 0 Å². The van der Waals surface area contributed by atoms with Crippen molar-refractivity contribution >= 4 is 35.5 Å². The predicted molar refractivity (Wildman–Crippen MR) is 185 cm³/mol. The van der Waals surface area contributed by atoms with Crippen LogP contribution in [0.2, 0.25) is 0 Å². The average molecular weight is 686 g/mol. The quantitative estimate of drug-likeness (QED) is 0.0433. The highest BCUT2D eigenvalue weighted by molar-refractivity contribution is 6.02. The third-order valence-corrected chi connectivity index (χ3v) is 8.58. The van der Waals surface area contributed by atoms with E-state index in [4.69, 9.17) is 14.3 Å². The molecule has 10 heteroatoms. The van der Waals surface area contributed by atoms with Crippen molar-refractivity contribution in [1.29, 1.82) is 0 Å². The minimum Gasteiger partial charge on any atom is -0.460 e. The predicted octanol–water partition coefficient (Wildman–Crippen LogP) is 8.13. The van der Waals surface area contributed by atoms with Gasteiger partial charge in [-0.05, 0) is 39.2 Å². The zero-order valence-electron chi connectivity index (χ0n) is 30.3. The molecule has 1 aromatic rings. The fourth-order valence-electron chi connectivity index (χ4n) is 5.78. The number of imide groups is 1. The van der Waals surface area contributed by atoms with Crippen LogP contribution >= 0.6 is 0 Å². The number of Topliss-reactive ketones (excluding diaryl/α,β-unsaturated/α-hetero) is 1. The van der Waals surface area contributed by atoms with Crippen LogP contribution in [0.5, 0.6) is 0 Å². The van der Waals surface area contributed by atoms with Crippen LogP contribution in [0.4, 0.5) is 0 Å². The van der Waals surface area contributed by atoms with Crippen molar-refractivity contribution < 1.29 is 43.1 Å². The fraction of sp³-hybridized carbons (Fsp3) is 0.692. The Kier molecular flexibility index (Phi) is 19.5. The number of nitrogens with zero attached hydrogens (tertiary/aromatic N) is 1. The maximum Gasteiger partial charge on any atom is 0.333 e. The van der Waals surface area contributed by atoms with Gasteiger partial charge in [-0.3, -0.25) is 24.0 Å². The molecule has 0 aromatic heterocycles. The van der Waals surface area contributed by atoms with Gasteiger partial charge < -0.3 is 14.3 Å². The summed E-state index contributed by atoms with van der Waals surface area (Å²) >= 11 is 0. The number of esters is 2. The molecule has 0 saturated carbocycles. The molecule has 2 rings (SSSR count). The molecule has 1 heterocycles. The number of hydroxylamine groups is 2. The van der Waals surface area contributed by atoms with Crippen LogP contribution in [-0.4, -0.2) is 46.2 Å². The molecule has 0 spiro atoms. The lowest BCUT2D eigenvalue weighted by Crippen LogP contribution is -2.34. The molecular formula is C39H59NO9. The highest BCUT2D eigenvalue weighted by Gasteiger charge is 2.36. The van der Waals surface area contributed by atoms with E-state index in [2.05, 4.69) is 6.92 Å². The Labute approximate surface area is 292 Å². The highest BCUT2D eigenvalue weighted by Crippen LogP contribution is 2.25. The van der Waals surface area contributed by atoms with Gasteiger partial charge in [0.15, 0.2) is 0 Å². The van der Waals surface area contributed by atoms with Gasteiger partial charge in [0.25, 0.3) is 11.8 Å². The number of rotatable bonds is 25. The minimum absolute atomic E-state index is 0.0251. The van der Waals surface area contributed by atoms with Crippen LogP contribution < -0.4 is 0 Å². The van der Waals surface area contributed by atoms with Gasteiger partial charge in [0, 0.05) is 25.7 Å². The van der Waals surface area contributed by atoms with Crippen LogP contribution in [0.3, 0.4) is 0 Å². The van der Waals surface area contributed by atoms with Crippen LogP contribution in [-0.2, 0) is 49.7 Å². The molecule has 274 valence electrons. The maximum atomic E-state index is 13.7. The summed E-state index contributed by atoms with van der Waals surface area (Å²) in [5, 5.41) is 0.449. The Balaban J connectivity index is 1.97. The molecule has 1 saturated heterocycles. The van der Waals surface area contributed by atoms with Crippen molar-refractivity contribution in [2.75, 3.05) is 0 Å². The van der Waals surface area contributed by atoms with Gasteiger partial charge in [-0.1, -0.05) is 121 Å². The van der Waals surface area contributed by atoms with E-state index < -0.39 is 52.9 Å². The molecule has 2 atom stereocenters. The largest absolute Gasteiger partial charge is 0.460 e. The van der Waals surface area contributed by atoms with E-state index in [1.165, 1.54) is 57.8 Å². The fourth-order valence-corrected chi connectivity index (χ4v) is 5.78. The Hall–Kier alpha value is -3.56. The van der Waals surface area contributed by atoms with E-state index in [1.54, 1.807) is 20.8 Å². The van der Waals surface area contributed by atoms with Gasteiger partial charge in [0.05, 0.1) is 5.92 Å². The van der Waals surface area contributed by atoms with E-state index in [0.29, 0.717) is 17.9 Å². The number of hydrogen-bond acceptors (Lipinski definition) is 9. The summed E-state index contributed by atoms with van der Waals surface area (Å²) in [7, 11) is 0. The summed E-state index contributed by atoms with van der Waals surface area (Å²) in [6, 6.07) is 9.20. The first-order chi connectivity index (χ1) is 23.4. The number of benzene rings is 1. The molecule has 2 unspecified atom stereocenters. The van der Waals surface area contributed by atoms with Crippen LogP contribution in [0.25, 0.3) is 0 Å². The summed E-state index contributed by atoms with van der Waals surface area (Å²) in [6.45, 7) is 7.34. The number of hydrogen-bond donors (Lipinski definition) is 0. The third-order valence-electron chi connectivity index (χ3n) is 8.58. The van der Waals surface area contributed by atoms with E-state index in [-0.39, 0.29) is 38.7 Å². The Bertz CT molecular complexity index is 1170. The molecule has 0 aliphatic carbocycles. The second-order valence-electron chi connectivity index (χ2n) is 14.2. The summed E-state index contributed by atoms with van der Waals surface area (Å²) in [4.78, 5) is 81.4. The molecule has 0 radical (unpaired) electrons. The van der Waals surface area contributed by atoms with Crippen LogP contribution in [0.15, 0.2) is 30.3 Å². The number of amides is 2. The number of carbonyl (C=O) groups is 6. The van der Waals surface area contributed by atoms with Crippen LogP contribution in [0.1, 0.15) is 155 Å². The molecule has 0 bridgehead atoms. The van der Waals surface area contributed by atoms with Crippen molar-refractivity contribution in [2.24, 2.45) is 11.8 Å². The van der Waals surface area contributed by atoms with Gasteiger partial charge >= 0.3 is 17.9 Å². The zero-order valence-corrected chi connectivity index (χ0v) is 30.3. The first kappa shape index (κ1) is 41.6.